The first kappa shape index (κ1) is 17.2. The van der Waals surface area contributed by atoms with Crippen molar-refractivity contribution in [1.82, 2.24) is 10.3 Å². The lowest BCUT2D eigenvalue weighted by Gasteiger charge is -2.18. The van der Waals surface area contributed by atoms with Crippen molar-refractivity contribution in [3.63, 3.8) is 0 Å². The topological polar surface area (TPSA) is 149 Å². The van der Waals surface area contributed by atoms with Gasteiger partial charge in [-0.3, -0.25) is 19.6 Å². The van der Waals surface area contributed by atoms with E-state index in [2.05, 4.69) is 14.8 Å². The van der Waals surface area contributed by atoms with E-state index in [0.717, 1.165) is 0 Å². The van der Waals surface area contributed by atoms with Crippen LogP contribution in [0.4, 0.5) is 0 Å². The van der Waals surface area contributed by atoms with Gasteiger partial charge in [0.1, 0.15) is 11.8 Å². The van der Waals surface area contributed by atoms with Crippen LogP contribution >= 0.6 is 19.6 Å². The monoisotopic (exact) mass is 350 g/mol. The van der Waals surface area contributed by atoms with Crippen molar-refractivity contribution in [3.05, 3.63) is 23.0 Å². The predicted octanol–water partition coefficient (Wildman–Crippen LogP) is 0.493. The number of hydrogen-bond acceptors (Lipinski definition) is 7. The number of aliphatic carboxylic acids is 1. The summed E-state index contributed by atoms with van der Waals surface area (Å²) < 4.78 is 15.3. The van der Waals surface area contributed by atoms with Gasteiger partial charge in [-0.2, -0.15) is 0 Å². The van der Waals surface area contributed by atoms with Crippen molar-refractivity contribution in [3.8, 4) is 5.75 Å². The summed E-state index contributed by atoms with van der Waals surface area (Å²) >= 11 is 1.27. The van der Waals surface area contributed by atoms with Crippen LogP contribution in [-0.4, -0.2) is 42.7 Å². The minimum absolute atomic E-state index is 0.150. The second-order valence-corrected chi connectivity index (χ2v) is 7.04. The van der Waals surface area contributed by atoms with Gasteiger partial charge in [0, 0.05) is 23.1 Å². The number of aryl methyl sites for hydroxylation is 1. The molecule has 0 radical (unpaired) electrons. The first-order valence-corrected chi connectivity index (χ1v) is 8.75. The summed E-state index contributed by atoms with van der Waals surface area (Å²) in [5, 5.41) is 21.5. The Labute approximate surface area is 130 Å². The molecule has 2 rings (SSSR count). The number of carbonyl (C=O) groups is 1. The number of aromatic nitrogens is 1. The summed E-state index contributed by atoms with van der Waals surface area (Å²) in [5.74, 6) is -0.851. The number of nitrogens with one attached hydrogen (secondary N) is 1. The van der Waals surface area contributed by atoms with Crippen molar-refractivity contribution < 1.29 is 33.9 Å². The average Bonchev–Trinajstić information content (AvgIpc) is 2.88. The first-order chi connectivity index (χ1) is 10.2. The standard InChI is InChI=1S/C11H15N2O7PS/c1-5-9(14)8(10-13-7(4-22-10)11(15)16)6(2-12-5)3-20-21(17,18)19/h2,7,10,13-14H,3-4H2,1H3,(H,15,16)(H2,17,18,19)/t7-,10+/m1/s1. The van der Waals surface area contributed by atoms with Crippen LogP contribution in [0, 0.1) is 6.92 Å². The number of thioether (sulfide) groups is 1. The van der Waals surface area contributed by atoms with Gasteiger partial charge in [-0.05, 0) is 6.92 Å². The molecule has 1 aliphatic heterocycles. The fourth-order valence-electron chi connectivity index (χ4n) is 1.99. The highest BCUT2D eigenvalue weighted by Crippen LogP contribution is 2.42. The quantitative estimate of drug-likeness (QED) is 0.475. The maximum Gasteiger partial charge on any atom is 0.469 e. The number of phosphoric ester groups is 1. The molecule has 9 nitrogen and oxygen atoms in total. The van der Waals surface area contributed by atoms with Gasteiger partial charge < -0.3 is 20.0 Å². The van der Waals surface area contributed by atoms with Crippen LogP contribution in [0.15, 0.2) is 6.20 Å². The van der Waals surface area contributed by atoms with Crippen molar-refractivity contribution in [2.24, 2.45) is 0 Å². The molecule has 5 N–H and O–H groups in total. The van der Waals surface area contributed by atoms with Gasteiger partial charge in [0.15, 0.2) is 0 Å². The number of phosphoric acid groups is 1. The molecule has 11 heteroatoms. The van der Waals surface area contributed by atoms with Crippen LogP contribution in [0.5, 0.6) is 5.75 Å². The molecule has 0 bridgehead atoms. The Hall–Kier alpha value is -1.16. The van der Waals surface area contributed by atoms with Gasteiger partial charge in [-0.1, -0.05) is 0 Å². The molecule has 0 amide bonds. The zero-order valence-corrected chi connectivity index (χ0v) is 13.2. The second kappa shape index (κ2) is 6.53. The Morgan fingerprint density at radius 1 is 1.59 bits per heavy atom. The molecule has 1 fully saturated rings. The molecule has 0 saturated carbocycles. The van der Waals surface area contributed by atoms with E-state index in [1.165, 1.54) is 18.0 Å². The third-order valence-corrected chi connectivity index (χ3v) is 4.78. The van der Waals surface area contributed by atoms with E-state index in [0.29, 0.717) is 17.0 Å². The van der Waals surface area contributed by atoms with E-state index < -0.39 is 31.8 Å². The summed E-state index contributed by atoms with van der Waals surface area (Å²) in [4.78, 5) is 32.5. The number of aromatic hydroxyl groups is 1. The third kappa shape index (κ3) is 3.97. The molecule has 2 heterocycles. The van der Waals surface area contributed by atoms with Crippen molar-refractivity contribution in [2.75, 3.05) is 5.75 Å². The Bertz CT molecular complexity index is 635. The maximum atomic E-state index is 11.0. The summed E-state index contributed by atoms with van der Waals surface area (Å²) in [5.41, 5.74) is 0.938. The largest absolute Gasteiger partial charge is 0.506 e. The number of nitrogens with zero attached hydrogens (tertiary/aromatic N) is 1. The molecule has 1 saturated heterocycles. The fourth-order valence-corrected chi connectivity index (χ4v) is 3.62. The van der Waals surface area contributed by atoms with Crippen LogP contribution in [0.2, 0.25) is 0 Å². The van der Waals surface area contributed by atoms with Crippen molar-refractivity contribution >= 4 is 25.6 Å². The predicted molar refractivity (Wildman–Crippen MR) is 77.2 cm³/mol. The van der Waals surface area contributed by atoms with Crippen LogP contribution in [-0.2, 0) is 20.5 Å². The fraction of sp³-hybridized carbons (Fsp3) is 0.455. The van der Waals surface area contributed by atoms with Crippen LogP contribution in [0.1, 0.15) is 22.2 Å². The molecule has 2 atom stereocenters. The molecular formula is C11H15N2O7PS. The Balaban J connectivity index is 2.30. The zero-order valence-electron chi connectivity index (χ0n) is 11.5. The second-order valence-electron chi connectivity index (χ2n) is 4.67. The minimum atomic E-state index is -4.67. The summed E-state index contributed by atoms with van der Waals surface area (Å²) in [6.07, 6.45) is 1.34. The molecule has 1 aliphatic rings. The van der Waals surface area contributed by atoms with Crippen LogP contribution in [0.25, 0.3) is 0 Å². The molecule has 0 unspecified atom stereocenters. The Morgan fingerprint density at radius 3 is 2.82 bits per heavy atom. The van der Waals surface area contributed by atoms with E-state index in [1.807, 2.05) is 0 Å². The normalized spacial score (nSPS) is 22.0. The smallest absolute Gasteiger partial charge is 0.469 e. The summed E-state index contributed by atoms with van der Waals surface area (Å²) in [6.45, 7) is 1.12. The highest BCUT2D eigenvalue weighted by Gasteiger charge is 2.34. The van der Waals surface area contributed by atoms with E-state index in [1.54, 1.807) is 6.92 Å². The van der Waals surface area contributed by atoms with Crippen molar-refractivity contribution in [1.29, 1.82) is 0 Å². The molecule has 1 aromatic heterocycles. The lowest BCUT2D eigenvalue weighted by molar-refractivity contribution is -0.138. The molecule has 0 spiro atoms. The third-order valence-electron chi connectivity index (χ3n) is 3.09. The molecule has 22 heavy (non-hydrogen) atoms. The number of rotatable bonds is 5. The highest BCUT2D eigenvalue weighted by atomic mass is 32.2. The number of pyridine rings is 1. The van der Waals surface area contributed by atoms with Crippen LogP contribution in [0.3, 0.4) is 0 Å². The Kier molecular flexibility index (Phi) is 5.10. The lowest BCUT2D eigenvalue weighted by atomic mass is 10.1. The molecule has 0 aliphatic carbocycles. The number of carboxylic acids is 1. The van der Waals surface area contributed by atoms with E-state index >= 15 is 0 Å². The molecule has 1 aromatic rings. The summed E-state index contributed by atoms with van der Waals surface area (Å²) in [6, 6.07) is -0.765. The minimum Gasteiger partial charge on any atom is -0.506 e. The lowest BCUT2D eigenvalue weighted by Crippen LogP contribution is -2.34. The molecule has 122 valence electrons. The van der Waals surface area contributed by atoms with Crippen LogP contribution < -0.4 is 5.32 Å². The van der Waals surface area contributed by atoms with Gasteiger partial charge in [0.25, 0.3) is 0 Å². The maximum absolute atomic E-state index is 11.0. The molecule has 0 aromatic carbocycles. The van der Waals surface area contributed by atoms with E-state index in [4.69, 9.17) is 14.9 Å². The van der Waals surface area contributed by atoms with E-state index in [-0.39, 0.29) is 11.3 Å². The Morgan fingerprint density at radius 2 is 2.27 bits per heavy atom. The van der Waals surface area contributed by atoms with Gasteiger partial charge in [0.05, 0.1) is 17.7 Å². The van der Waals surface area contributed by atoms with Gasteiger partial charge in [-0.25, -0.2) is 4.57 Å². The van der Waals surface area contributed by atoms with Gasteiger partial charge in [0.2, 0.25) is 0 Å². The van der Waals surface area contributed by atoms with Gasteiger partial charge >= 0.3 is 13.8 Å². The van der Waals surface area contributed by atoms with Crippen molar-refractivity contribution in [2.45, 2.75) is 24.9 Å². The average molecular weight is 350 g/mol. The van der Waals surface area contributed by atoms with Gasteiger partial charge in [-0.15, -0.1) is 11.8 Å². The highest BCUT2D eigenvalue weighted by molar-refractivity contribution is 7.99. The zero-order chi connectivity index (χ0) is 16.5. The first-order valence-electron chi connectivity index (χ1n) is 6.17. The molecular weight excluding hydrogens is 335 g/mol. The number of carboxylic acid groups (broad SMARTS) is 1. The SMILES string of the molecule is Cc1ncc(COP(=O)(O)O)c([C@H]2N[C@@H](C(=O)O)CS2)c1O. The van der Waals surface area contributed by atoms with E-state index in [9.17, 15) is 14.5 Å². The number of hydrogen-bond donors (Lipinski definition) is 5. The summed E-state index contributed by atoms with van der Waals surface area (Å²) in [7, 11) is -4.67.